The Balaban J connectivity index is 1.68. The summed E-state index contributed by atoms with van der Waals surface area (Å²) in [4.78, 5) is 24.7. The van der Waals surface area contributed by atoms with Gasteiger partial charge in [0, 0.05) is 10.2 Å². The van der Waals surface area contributed by atoms with Crippen molar-refractivity contribution >= 4 is 50.7 Å². The van der Waals surface area contributed by atoms with E-state index in [0.29, 0.717) is 22.1 Å². The van der Waals surface area contributed by atoms with Crippen LogP contribution in [0.15, 0.2) is 46.9 Å². The van der Waals surface area contributed by atoms with E-state index in [1.165, 1.54) is 4.68 Å². The van der Waals surface area contributed by atoms with Gasteiger partial charge in [0.15, 0.2) is 5.69 Å². The van der Waals surface area contributed by atoms with Crippen LogP contribution in [-0.4, -0.2) is 26.8 Å². The third-order valence-electron chi connectivity index (χ3n) is 3.99. The van der Waals surface area contributed by atoms with Gasteiger partial charge in [-0.15, -0.1) is 5.10 Å². The lowest BCUT2D eigenvalue weighted by Crippen LogP contribution is -2.21. The molecule has 0 aliphatic carbocycles. The van der Waals surface area contributed by atoms with E-state index in [-0.39, 0.29) is 18.1 Å². The highest BCUT2D eigenvalue weighted by Crippen LogP contribution is 2.23. The summed E-state index contributed by atoms with van der Waals surface area (Å²) in [7, 11) is 0. The van der Waals surface area contributed by atoms with Crippen molar-refractivity contribution in [3.05, 3.63) is 68.9 Å². The second kappa shape index (κ2) is 8.53. The zero-order valence-corrected chi connectivity index (χ0v) is 17.5. The molecule has 0 spiro atoms. The average molecular weight is 463 g/mol. The van der Waals surface area contributed by atoms with Gasteiger partial charge in [-0.25, -0.2) is 4.68 Å². The number of aromatic nitrogens is 3. The number of nitrogens with zero attached hydrogens (tertiary/aromatic N) is 3. The fourth-order valence-corrected chi connectivity index (χ4v) is 3.04. The quantitative estimate of drug-likeness (QED) is 0.595. The highest BCUT2D eigenvalue weighted by Gasteiger charge is 2.19. The minimum atomic E-state index is -0.442. The number of rotatable bonds is 5. The number of aryl methyl sites for hydroxylation is 1. The number of benzene rings is 2. The fourth-order valence-electron chi connectivity index (χ4n) is 2.49. The number of amides is 2. The molecule has 0 fully saturated rings. The van der Waals surface area contributed by atoms with Crippen molar-refractivity contribution in [3.63, 3.8) is 0 Å². The molecular formula is C19H17BrClN5O2. The van der Waals surface area contributed by atoms with E-state index in [1.54, 1.807) is 31.2 Å². The largest absolute Gasteiger partial charge is 0.324 e. The van der Waals surface area contributed by atoms with Gasteiger partial charge in [0.2, 0.25) is 5.91 Å². The van der Waals surface area contributed by atoms with Gasteiger partial charge in [-0.2, -0.15) is 0 Å². The summed E-state index contributed by atoms with van der Waals surface area (Å²) in [6, 6.07) is 12.5. The maximum absolute atomic E-state index is 12.5. The maximum atomic E-state index is 12.5. The minimum Gasteiger partial charge on any atom is -0.324 e. The van der Waals surface area contributed by atoms with Crippen LogP contribution in [0.4, 0.5) is 11.4 Å². The van der Waals surface area contributed by atoms with Gasteiger partial charge in [-0.05, 0) is 55.8 Å². The molecule has 28 heavy (non-hydrogen) atoms. The SMILES string of the molecule is Cc1ccc(NC(=O)c2nnn(CC(=O)Nc3ccc(Br)cc3)c2C)c(Cl)c1. The molecule has 1 aromatic heterocycles. The van der Waals surface area contributed by atoms with E-state index in [9.17, 15) is 9.59 Å². The number of carbonyl (C=O) groups is 2. The molecule has 9 heteroatoms. The highest BCUT2D eigenvalue weighted by atomic mass is 79.9. The van der Waals surface area contributed by atoms with Crippen LogP contribution in [-0.2, 0) is 11.3 Å². The molecule has 7 nitrogen and oxygen atoms in total. The Bertz CT molecular complexity index is 1030. The second-order valence-corrected chi connectivity index (χ2v) is 7.50. The summed E-state index contributed by atoms with van der Waals surface area (Å²) in [5.41, 5.74) is 2.75. The third-order valence-corrected chi connectivity index (χ3v) is 4.83. The third kappa shape index (κ3) is 4.76. The van der Waals surface area contributed by atoms with Crippen molar-refractivity contribution in [3.8, 4) is 0 Å². The monoisotopic (exact) mass is 461 g/mol. The number of anilines is 2. The molecule has 2 amide bonds. The van der Waals surface area contributed by atoms with Gasteiger partial charge in [0.25, 0.3) is 5.91 Å². The first-order valence-corrected chi connectivity index (χ1v) is 9.53. The van der Waals surface area contributed by atoms with Gasteiger partial charge >= 0.3 is 0 Å². The molecule has 0 atom stereocenters. The number of halogens is 2. The molecule has 0 aliphatic rings. The van der Waals surface area contributed by atoms with Crippen molar-refractivity contribution in [1.29, 1.82) is 0 Å². The van der Waals surface area contributed by atoms with Crippen molar-refractivity contribution < 1.29 is 9.59 Å². The summed E-state index contributed by atoms with van der Waals surface area (Å²) in [6.45, 7) is 3.53. The number of carbonyl (C=O) groups excluding carboxylic acids is 2. The summed E-state index contributed by atoms with van der Waals surface area (Å²) in [5.74, 6) is -0.716. The van der Waals surface area contributed by atoms with Crippen molar-refractivity contribution in [2.75, 3.05) is 10.6 Å². The topological polar surface area (TPSA) is 88.9 Å². The number of nitrogens with one attached hydrogen (secondary N) is 2. The summed E-state index contributed by atoms with van der Waals surface area (Å²) >= 11 is 9.49. The molecule has 0 aliphatic heterocycles. The summed E-state index contributed by atoms with van der Waals surface area (Å²) in [5, 5.41) is 13.7. The number of hydrogen-bond acceptors (Lipinski definition) is 4. The van der Waals surface area contributed by atoms with Crippen LogP contribution in [0.25, 0.3) is 0 Å². The van der Waals surface area contributed by atoms with Gasteiger partial charge in [-0.1, -0.05) is 38.8 Å². The lowest BCUT2D eigenvalue weighted by Gasteiger charge is -2.08. The van der Waals surface area contributed by atoms with Crippen LogP contribution in [0.5, 0.6) is 0 Å². The molecule has 2 N–H and O–H groups in total. The lowest BCUT2D eigenvalue weighted by molar-refractivity contribution is -0.117. The smallest absolute Gasteiger partial charge is 0.278 e. The molecule has 0 radical (unpaired) electrons. The normalized spacial score (nSPS) is 10.6. The molecule has 1 heterocycles. The van der Waals surface area contributed by atoms with Gasteiger partial charge in [0.1, 0.15) is 6.54 Å². The summed E-state index contributed by atoms with van der Waals surface area (Å²) < 4.78 is 2.29. The van der Waals surface area contributed by atoms with Crippen molar-refractivity contribution in [1.82, 2.24) is 15.0 Å². The van der Waals surface area contributed by atoms with E-state index in [2.05, 4.69) is 36.9 Å². The second-order valence-electron chi connectivity index (χ2n) is 6.17. The first-order valence-electron chi connectivity index (χ1n) is 8.36. The molecule has 0 saturated carbocycles. The van der Waals surface area contributed by atoms with Crippen LogP contribution < -0.4 is 10.6 Å². The van der Waals surface area contributed by atoms with Gasteiger partial charge < -0.3 is 10.6 Å². The van der Waals surface area contributed by atoms with Crippen LogP contribution in [0.1, 0.15) is 21.7 Å². The Labute approximate surface area is 175 Å². The standard InChI is InChI=1S/C19H17BrClN5O2/c1-11-3-8-16(15(21)9-11)23-19(28)18-12(2)26(25-24-18)10-17(27)22-14-6-4-13(20)5-7-14/h3-9H,10H2,1-2H3,(H,22,27)(H,23,28). The Morgan fingerprint density at radius 1 is 1.11 bits per heavy atom. The van der Waals surface area contributed by atoms with Gasteiger partial charge in [-0.3, -0.25) is 9.59 Å². The fraction of sp³-hybridized carbons (Fsp3) is 0.158. The molecule has 3 aromatic rings. The van der Waals surface area contributed by atoms with E-state index >= 15 is 0 Å². The van der Waals surface area contributed by atoms with Crippen LogP contribution in [0, 0.1) is 13.8 Å². The zero-order chi connectivity index (χ0) is 20.3. The Morgan fingerprint density at radius 2 is 1.82 bits per heavy atom. The molecule has 0 saturated heterocycles. The Morgan fingerprint density at radius 3 is 2.50 bits per heavy atom. The Kier molecular flexibility index (Phi) is 6.11. The summed E-state index contributed by atoms with van der Waals surface area (Å²) in [6.07, 6.45) is 0. The highest BCUT2D eigenvalue weighted by molar-refractivity contribution is 9.10. The van der Waals surface area contributed by atoms with E-state index in [1.807, 2.05) is 25.1 Å². The van der Waals surface area contributed by atoms with E-state index in [0.717, 1.165) is 10.0 Å². The molecule has 3 rings (SSSR count). The van der Waals surface area contributed by atoms with Crippen LogP contribution in [0.2, 0.25) is 5.02 Å². The van der Waals surface area contributed by atoms with E-state index in [4.69, 9.17) is 11.6 Å². The predicted molar refractivity (Wildman–Crippen MR) is 112 cm³/mol. The first kappa shape index (κ1) is 20.0. The molecular weight excluding hydrogens is 446 g/mol. The predicted octanol–water partition coefficient (Wildman–Crippen LogP) is 4.20. The van der Waals surface area contributed by atoms with E-state index < -0.39 is 5.91 Å². The van der Waals surface area contributed by atoms with Crippen LogP contribution >= 0.6 is 27.5 Å². The van der Waals surface area contributed by atoms with Gasteiger partial charge in [0.05, 0.1) is 16.4 Å². The molecule has 0 bridgehead atoms. The first-order chi connectivity index (χ1) is 13.3. The lowest BCUT2D eigenvalue weighted by atomic mass is 10.2. The van der Waals surface area contributed by atoms with Crippen molar-refractivity contribution in [2.45, 2.75) is 20.4 Å². The molecule has 0 unspecified atom stereocenters. The van der Waals surface area contributed by atoms with Crippen LogP contribution in [0.3, 0.4) is 0 Å². The van der Waals surface area contributed by atoms with Crippen molar-refractivity contribution in [2.24, 2.45) is 0 Å². The maximum Gasteiger partial charge on any atom is 0.278 e. The zero-order valence-electron chi connectivity index (χ0n) is 15.2. The average Bonchev–Trinajstić information content (AvgIpc) is 3.00. The molecule has 2 aromatic carbocycles. The minimum absolute atomic E-state index is 0.0620. The molecule has 144 valence electrons. The Hall–Kier alpha value is -2.71. The number of hydrogen-bond donors (Lipinski definition) is 2.